The van der Waals surface area contributed by atoms with Crippen LogP contribution >= 0.6 is 0 Å². The molecule has 0 unspecified atom stereocenters. The number of aromatic nitrogens is 3. The number of ether oxygens (including phenoxy) is 2. The molecule has 0 aliphatic rings. The summed E-state index contributed by atoms with van der Waals surface area (Å²) in [5.41, 5.74) is 3.24. The summed E-state index contributed by atoms with van der Waals surface area (Å²) < 4.78 is 12.4. The number of nitrogens with zero attached hydrogens (tertiary/aromatic N) is 4. The Labute approximate surface area is 183 Å². The van der Waals surface area contributed by atoms with Gasteiger partial charge in [0, 0.05) is 26.3 Å². The third-order valence-electron chi connectivity index (χ3n) is 4.62. The van der Waals surface area contributed by atoms with E-state index in [0.717, 1.165) is 54.7 Å². The summed E-state index contributed by atoms with van der Waals surface area (Å²) >= 11 is 0. The predicted molar refractivity (Wildman–Crippen MR) is 121 cm³/mol. The summed E-state index contributed by atoms with van der Waals surface area (Å²) in [4.78, 5) is 8.71. The average molecular weight is 423 g/mol. The van der Waals surface area contributed by atoms with Crippen LogP contribution in [0.3, 0.4) is 0 Å². The fourth-order valence-corrected chi connectivity index (χ4v) is 2.89. The van der Waals surface area contributed by atoms with Gasteiger partial charge in [0.15, 0.2) is 5.96 Å². The summed E-state index contributed by atoms with van der Waals surface area (Å²) in [6.45, 7) is 5.51. The molecule has 0 aliphatic carbocycles. The molecule has 0 amide bonds. The molecule has 0 saturated heterocycles. The van der Waals surface area contributed by atoms with Crippen LogP contribution in [0, 0.1) is 0 Å². The fraction of sp³-hybridized carbons (Fsp3) is 0.348. The molecule has 0 atom stereocenters. The smallest absolute Gasteiger partial charge is 0.191 e. The van der Waals surface area contributed by atoms with Crippen LogP contribution in [0.25, 0.3) is 5.69 Å². The van der Waals surface area contributed by atoms with Crippen molar-refractivity contribution < 1.29 is 9.47 Å². The molecule has 1 aromatic heterocycles. The molecule has 3 aromatic rings. The third kappa shape index (κ3) is 7.42. The summed E-state index contributed by atoms with van der Waals surface area (Å²) in [5.74, 6) is 1.61. The van der Waals surface area contributed by atoms with Crippen LogP contribution in [0.2, 0.25) is 0 Å². The van der Waals surface area contributed by atoms with E-state index in [-0.39, 0.29) is 0 Å². The van der Waals surface area contributed by atoms with E-state index in [2.05, 4.69) is 32.8 Å². The molecule has 2 N–H and O–H groups in total. The standard InChI is InChI=1S/C23H30N6O2/c1-3-31-14-4-13-25-23(27-16-20-7-11-22(30-2)12-8-20)26-15-19-5-9-21(10-6-19)29-18-24-17-28-29/h5-12,17-18H,3-4,13-16H2,1-2H3,(H2,25,26,27). The van der Waals surface area contributed by atoms with Crippen molar-refractivity contribution in [2.75, 3.05) is 26.9 Å². The number of aliphatic imine (C=N–C) groups is 1. The normalized spacial score (nSPS) is 11.4. The minimum atomic E-state index is 0.579. The maximum absolute atomic E-state index is 5.41. The van der Waals surface area contributed by atoms with Crippen LogP contribution in [0.5, 0.6) is 5.75 Å². The van der Waals surface area contributed by atoms with Gasteiger partial charge in [-0.15, -0.1) is 0 Å². The predicted octanol–water partition coefficient (Wildman–Crippen LogP) is 2.94. The molecule has 0 saturated carbocycles. The Morgan fingerprint density at radius 1 is 1.03 bits per heavy atom. The second-order valence-electron chi connectivity index (χ2n) is 6.85. The first-order chi connectivity index (χ1) is 15.3. The zero-order valence-electron chi connectivity index (χ0n) is 18.1. The lowest BCUT2D eigenvalue weighted by molar-refractivity contribution is 0.145. The van der Waals surface area contributed by atoms with E-state index >= 15 is 0 Å². The lowest BCUT2D eigenvalue weighted by Gasteiger charge is -2.13. The molecule has 8 heteroatoms. The van der Waals surface area contributed by atoms with E-state index in [9.17, 15) is 0 Å². The summed E-state index contributed by atoms with van der Waals surface area (Å²) in [7, 11) is 1.67. The Kier molecular flexibility index (Phi) is 8.88. The largest absolute Gasteiger partial charge is 0.497 e. The highest BCUT2D eigenvalue weighted by atomic mass is 16.5. The highest BCUT2D eigenvalue weighted by Crippen LogP contribution is 2.12. The number of benzene rings is 2. The Hall–Kier alpha value is -3.39. The molecule has 0 fully saturated rings. The van der Waals surface area contributed by atoms with Crippen LogP contribution in [-0.4, -0.2) is 47.6 Å². The maximum Gasteiger partial charge on any atom is 0.191 e. The van der Waals surface area contributed by atoms with E-state index in [1.165, 1.54) is 6.33 Å². The van der Waals surface area contributed by atoms with Crippen molar-refractivity contribution in [3.8, 4) is 11.4 Å². The molecule has 164 valence electrons. The summed E-state index contributed by atoms with van der Waals surface area (Å²) in [6, 6.07) is 16.1. The number of hydrogen-bond acceptors (Lipinski definition) is 5. The van der Waals surface area contributed by atoms with Gasteiger partial charge < -0.3 is 20.1 Å². The highest BCUT2D eigenvalue weighted by molar-refractivity contribution is 5.79. The molecule has 1 heterocycles. The van der Waals surface area contributed by atoms with Gasteiger partial charge in [-0.1, -0.05) is 24.3 Å². The molecule has 3 rings (SSSR count). The molecular formula is C23H30N6O2. The van der Waals surface area contributed by atoms with Gasteiger partial charge in [-0.25, -0.2) is 14.7 Å². The summed E-state index contributed by atoms with van der Waals surface area (Å²) in [5, 5.41) is 11.0. The number of rotatable bonds is 11. The second kappa shape index (κ2) is 12.3. The molecule has 0 spiro atoms. The van der Waals surface area contributed by atoms with E-state index < -0.39 is 0 Å². The van der Waals surface area contributed by atoms with Crippen LogP contribution < -0.4 is 15.4 Å². The molecule has 0 aliphatic heterocycles. The molecule has 31 heavy (non-hydrogen) atoms. The van der Waals surface area contributed by atoms with Gasteiger partial charge in [0.2, 0.25) is 0 Å². The number of methoxy groups -OCH3 is 1. The van der Waals surface area contributed by atoms with E-state index in [1.807, 2.05) is 43.3 Å². The van der Waals surface area contributed by atoms with Crippen molar-refractivity contribution in [1.82, 2.24) is 25.4 Å². The fourth-order valence-electron chi connectivity index (χ4n) is 2.89. The summed E-state index contributed by atoms with van der Waals surface area (Å²) in [6.07, 6.45) is 4.13. The molecule has 0 bridgehead atoms. The highest BCUT2D eigenvalue weighted by Gasteiger charge is 2.02. The average Bonchev–Trinajstić information content (AvgIpc) is 3.36. The molecular weight excluding hydrogens is 392 g/mol. The van der Waals surface area contributed by atoms with E-state index in [4.69, 9.17) is 14.5 Å². The Morgan fingerprint density at radius 2 is 1.81 bits per heavy atom. The lowest BCUT2D eigenvalue weighted by atomic mass is 10.2. The number of guanidine groups is 1. The van der Waals surface area contributed by atoms with Gasteiger partial charge in [-0.3, -0.25) is 0 Å². The lowest BCUT2D eigenvalue weighted by Crippen LogP contribution is -2.37. The second-order valence-corrected chi connectivity index (χ2v) is 6.85. The first-order valence-electron chi connectivity index (χ1n) is 10.5. The zero-order chi connectivity index (χ0) is 21.7. The van der Waals surface area contributed by atoms with Gasteiger partial charge in [-0.05, 0) is 48.7 Å². The topological polar surface area (TPSA) is 85.6 Å². The van der Waals surface area contributed by atoms with Gasteiger partial charge in [0.05, 0.1) is 19.3 Å². The number of nitrogens with one attached hydrogen (secondary N) is 2. The van der Waals surface area contributed by atoms with E-state index in [0.29, 0.717) is 13.1 Å². The van der Waals surface area contributed by atoms with Gasteiger partial charge in [-0.2, -0.15) is 5.10 Å². The monoisotopic (exact) mass is 422 g/mol. The minimum absolute atomic E-state index is 0.579. The molecule has 2 aromatic carbocycles. The first-order valence-corrected chi connectivity index (χ1v) is 10.5. The first kappa shape index (κ1) is 22.3. The maximum atomic E-state index is 5.41. The third-order valence-corrected chi connectivity index (χ3v) is 4.62. The Balaban J connectivity index is 1.58. The number of hydrogen-bond donors (Lipinski definition) is 2. The van der Waals surface area contributed by atoms with Crippen molar-refractivity contribution in [3.05, 3.63) is 72.3 Å². The van der Waals surface area contributed by atoms with Crippen LogP contribution in [0.1, 0.15) is 24.5 Å². The zero-order valence-corrected chi connectivity index (χ0v) is 18.1. The van der Waals surface area contributed by atoms with Crippen molar-refractivity contribution in [2.45, 2.75) is 26.4 Å². The Bertz CT molecular complexity index is 908. The quantitative estimate of drug-likeness (QED) is 0.281. The van der Waals surface area contributed by atoms with Gasteiger partial charge in [0.25, 0.3) is 0 Å². The molecule has 8 nitrogen and oxygen atoms in total. The van der Waals surface area contributed by atoms with Crippen LogP contribution in [0.4, 0.5) is 0 Å². The minimum Gasteiger partial charge on any atom is -0.497 e. The van der Waals surface area contributed by atoms with Crippen molar-refractivity contribution in [2.24, 2.45) is 4.99 Å². The SMILES string of the molecule is CCOCCCNC(=NCc1ccc(OC)cc1)NCc1ccc(-n2cncn2)cc1. The van der Waals surface area contributed by atoms with Crippen LogP contribution in [0.15, 0.2) is 66.2 Å². The van der Waals surface area contributed by atoms with Crippen molar-refractivity contribution >= 4 is 5.96 Å². The Morgan fingerprint density at radius 3 is 2.48 bits per heavy atom. The van der Waals surface area contributed by atoms with Crippen LogP contribution in [-0.2, 0) is 17.8 Å². The molecule has 0 radical (unpaired) electrons. The van der Waals surface area contributed by atoms with Gasteiger partial charge >= 0.3 is 0 Å². The van der Waals surface area contributed by atoms with Crippen molar-refractivity contribution in [3.63, 3.8) is 0 Å². The van der Waals surface area contributed by atoms with Gasteiger partial charge in [0.1, 0.15) is 18.4 Å². The van der Waals surface area contributed by atoms with Crippen molar-refractivity contribution in [1.29, 1.82) is 0 Å². The van der Waals surface area contributed by atoms with E-state index in [1.54, 1.807) is 18.1 Å².